The minimum atomic E-state index is -0.645. The summed E-state index contributed by atoms with van der Waals surface area (Å²) < 4.78 is 0. The van der Waals surface area contributed by atoms with Gasteiger partial charge < -0.3 is 5.11 Å². The molecule has 0 heterocycles. The summed E-state index contributed by atoms with van der Waals surface area (Å²) in [6.07, 6.45) is 14.2. The van der Waals surface area contributed by atoms with E-state index in [1.165, 1.54) is 57.8 Å². The predicted octanol–water partition coefficient (Wildman–Crippen LogP) is 5.41. The van der Waals surface area contributed by atoms with Gasteiger partial charge in [-0.2, -0.15) is 0 Å². The summed E-state index contributed by atoms with van der Waals surface area (Å²) >= 11 is 0. The number of carbonyl (C=O) groups is 1. The SMILES string of the molecule is CCCCCCC(CCCCC)CCCC(=O)O. The van der Waals surface area contributed by atoms with Crippen LogP contribution in [-0.4, -0.2) is 11.1 Å². The predicted molar refractivity (Wildman–Crippen MR) is 77.9 cm³/mol. The van der Waals surface area contributed by atoms with E-state index in [0.29, 0.717) is 6.42 Å². The van der Waals surface area contributed by atoms with Crippen LogP contribution in [0.3, 0.4) is 0 Å². The van der Waals surface area contributed by atoms with Crippen molar-refractivity contribution in [1.82, 2.24) is 0 Å². The van der Waals surface area contributed by atoms with Gasteiger partial charge in [-0.05, 0) is 18.8 Å². The minimum Gasteiger partial charge on any atom is -0.481 e. The molecule has 0 saturated heterocycles. The van der Waals surface area contributed by atoms with E-state index in [2.05, 4.69) is 13.8 Å². The first-order valence-electron chi connectivity index (χ1n) is 7.92. The molecular weight excluding hydrogens is 224 g/mol. The molecule has 2 nitrogen and oxygen atoms in total. The number of hydrogen-bond acceptors (Lipinski definition) is 1. The lowest BCUT2D eigenvalue weighted by Gasteiger charge is -2.16. The lowest BCUT2D eigenvalue weighted by atomic mass is 9.90. The second kappa shape index (κ2) is 12.9. The fraction of sp³-hybridized carbons (Fsp3) is 0.938. The summed E-state index contributed by atoms with van der Waals surface area (Å²) in [5.41, 5.74) is 0. The number of aliphatic carboxylic acids is 1. The Morgan fingerprint density at radius 3 is 1.89 bits per heavy atom. The van der Waals surface area contributed by atoms with Crippen molar-refractivity contribution in [2.24, 2.45) is 5.92 Å². The van der Waals surface area contributed by atoms with Crippen LogP contribution in [0.5, 0.6) is 0 Å². The number of hydrogen-bond donors (Lipinski definition) is 1. The van der Waals surface area contributed by atoms with Crippen molar-refractivity contribution >= 4 is 5.97 Å². The Labute approximate surface area is 113 Å². The minimum absolute atomic E-state index is 0.346. The Morgan fingerprint density at radius 2 is 1.33 bits per heavy atom. The molecule has 0 amide bonds. The monoisotopic (exact) mass is 256 g/mol. The Morgan fingerprint density at radius 1 is 0.833 bits per heavy atom. The van der Waals surface area contributed by atoms with Crippen LogP contribution in [0.4, 0.5) is 0 Å². The van der Waals surface area contributed by atoms with Gasteiger partial charge in [0.2, 0.25) is 0 Å². The summed E-state index contributed by atoms with van der Waals surface area (Å²) in [6.45, 7) is 4.48. The summed E-state index contributed by atoms with van der Waals surface area (Å²) in [5.74, 6) is 0.126. The maximum absolute atomic E-state index is 10.5. The van der Waals surface area contributed by atoms with Crippen molar-refractivity contribution < 1.29 is 9.90 Å². The van der Waals surface area contributed by atoms with Gasteiger partial charge in [0.15, 0.2) is 0 Å². The molecular formula is C16H32O2. The third-order valence-corrected chi connectivity index (χ3v) is 3.68. The third kappa shape index (κ3) is 11.9. The summed E-state index contributed by atoms with van der Waals surface area (Å²) in [5, 5.41) is 8.69. The Kier molecular flexibility index (Phi) is 12.5. The zero-order valence-electron chi connectivity index (χ0n) is 12.4. The first-order valence-corrected chi connectivity index (χ1v) is 7.92. The van der Waals surface area contributed by atoms with Crippen molar-refractivity contribution in [1.29, 1.82) is 0 Å². The second-order valence-electron chi connectivity index (χ2n) is 5.50. The van der Waals surface area contributed by atoms with E-state index in [0.717, 1.165) is 18.8 Å². The molecule has 18 heavy (non-hydrogen) atoms. The van der Waals surface area contributed by atoms with Gasteiger partial charge in [0, 0.05) is 6.42 Å². The van der Waals surface area contributed by atoms with Crippen molar-refractivity contribution in [2.75, 3.05) is 0 Å². The highest BCUT2D eigenvalue weighted by Crippen LogP contribution is 2.23. The van der Waals surface area contributed by atoms with E-state index < -0.39 is 5.97 Å². The molecule has 1 N–H and O–H groups in total. The molecule has 0 aliphatic rings. The molecule has 1 atom stereocenters. The molecule has 0 aromatic carbocycles. The van der Waals surface area contributed by atoms with Crippen molar-refractivity contribution in [3.63, 3.8) is 0 Å². The molecule has 0 spiro atoms. The van der Waals surface area contributed by atoms with Crippen molar-refractivity contribution in [3.8, 4) is 0 Å². The van der Waals surface area contributed by atoms with Gasteiger partial charge in [-0.3, -0.25) is 4.79 Å². The van der Waals surface area contributed by atoms with Crippen LogP contribution in [0.1, 0.15) is 90.9 Å². The first kappa shape index (κ1) is 17.5. The third-order valence-electron chi connectivity index (χ3n) is 3.68. The molecule has 0 aromatic heterocycles. The van der Waals surface area contributed by atoms with E-state index in [4.69, 9.17) is 5.11 Å². The molecule has 0 radical (unpaired) electrons. The molecule has 1 unspecified atom stereocenters. The fourth-order valence-corrected chi connectivity index (χ4v) is 2.52. The molecule has 2 heteroatoms. The average Bonchev–Trinajstić information content (AvgIpc) is 2.33. The lowest BCUT2D eigenvalue weighted by molar-refractivity contribution is -0.137. The van der Waals surface area contributed by atoms with E-state index in [9.17, 15) is 4.79 Å². The summed E-state index contributed by atoms with van der Waals surface area (Å²) in [6, 6.07) is 0. The Hall–Kier alpha value is -0.530. The number of unbranched alkanes of at least 4 members (excludes halogenated alkanes) is 5. The maximum atomic E-state index is 10.5. The van der Waals surface area contributed by atoms with Gasteiger partial charge >= 0.3 is 5.97 Å². The van der Waals surface area contributed by atoms with Crippen molar-refractivity contribution in [3.05, 3.63) is 0 Å². The maximum Gasteiger partial charge on any atom is 0.303 e. The van der Waals surface area contributed by atoms with Crippen LogP contribution in [-0.2, 0) is 4.79 Å². The van der Waals surface area contributed by atoms with Crippen LogP contribution in [0.2, 0.25) is 0 Å². The number of rotatable bonds is 13. The lowest BCUT2D eigenvalue weighted by Crippen LogP contribution is -2.03. The molecule has 0 saturated carbocycles. The van der Waals surface area contributed by atoms with Crippen LogP contribution >= 0.6 is 0 Å². The van der Waals surface area contributed by atoms with Crippen LogP contribution in [0, 0.1) is 5.92 Å². The molecule has 0 aliphatic heterocycles. The molecule has 0 aliphatic carbocycles. The molecule has 0 fully saturated rings. The molecule has 108 valence electrons. The highest BCUT2D eigenvalue weighted by atomic mass is 16.4. The number of carboxylic acids is 1. The Bertz CT molecular complexity index is 190. The van der Waals surface area contributed by atoms with E-state index in [1.807, 2.05) is 0 Å². The standard InChI is InChI=1S/C16H32O2/c1-3-5-7-9-12-15(11-8-6-4-2)13-10-14-16(17)18/h15H,3-14H2,1-2H3,(H,17,18). The van der Waals surface area contributed by atoms with Crippen LogP contribution in [0.25, 0.3) is 0 Å². The fourth-order valence-electron chi connectivity index (χ4n) is 2.52. The normalized spacial score (nSPS) is 12.6. The zero-order chi connectivity index (χ0) is 13.6. The van der Waals surface area contributed by atoms with Crippen LogP contribution in [0.15, 0.2) is 0 Å². The van der Waals surface area contributed by atoms with Gasteiger partial charge in [-0.1, -0.05) is 71.6 Å². The van der Waals surface area contributed by atoms with Gasteiger partial charge in [0.25, 0.3) is 0 Å². The molecule has 0 aromatic rings. The van der Waals surface area contributed by atoms with Gasteiger partial charge in [0.05, 0.1) is 0 Å². The second-order valence-corrected chi connectivity index (χ2v) is 5.50. The summed E-state index contributed by atoms with van der Waals surface area (Å²) in [4.78, 5) is 10.5. The van der Waals surface area contributed by atoms with Gasteiger partial charge in [0.1, 0.15) is 0 Å². The van der Waals surface area contributed by atoms with Crippen LogP contribution < -0.4 is 0 Å². The number of carboxylic acid groups (broad SMARTS) is 1. The van der Waals surface area contributed by atoms with Crippen molar-refractivity contribution in [2.45, 2.75) is 90.9 Å². The first-order chi connectivity index (χ1) is 8.70. The zero-order valence-corrected chi connectivity index (χ0v) is 12.4. The Balaban J connectivity index is 3.72. The van der Waals surface area contributed by atoms with Gasteiger partial charge in [-0.25, -0.2) is 0 Å². The molecule has 0 rings (SSSR count). The topological polar surface area (TPSA) is 37.3 Å². The summed E-state index contributed by atoms with van der Waals surface area (Å²) in [7, 11) is 0. The van der Waals surface area contributed by atoms with Gasteiger partial charge in [-0.15, -0.1) is 0 Å². The smallest absolute Gasteiger partial charge is 0.303 e. The largest absolute Gasteiger partial charge is 0.481 e. The quantitative estimate of drug-likeness (QED) is 0.447. The highest BCUT2D eigenvalue weighted by molar-refractivity contribution is 5.66. The highest BCUT2D eigenvalue weighted by Gasteiger charge is 2.09. The average molecular weight is 256 g/mol. The van der Waals surface area contributed by atoms with E-state index in [-0.39, 0.29) is 0 Å². The molecule has 0 bridgehead atoms. The van der Waals surface area contributed by atoms with E-state index >= 15 is 0 Å². The van der Waals surface area contributed by atoms with E-state index in [1.54, 1.807) is 0 Å².